The maximum atomic E-state index is 12.8. The van der Waals surface area contributed by atoms with Crippen LogP contribution in [0.3, 0.4) is 0 Å². The van der Waals surface area contributed by atoms with Gasteiger partial charge in [0.2, 0.25) is 0 Å². The number of hydrogen-bond acceptors (Lipinski definition) is 1. The Labute approximate surface area is 88.8 Å². The molecule has 1 atom stereocenters. The Kier molecular flexibility index (Phi) is 3.57. The molecule has 15 heavy (non-hydrogen) atoms. The van der Waals surface area contributed by atoms with E-state index in [1.54, 1.807) is 0 Å². The zero-order chi connectivity index (χ0) is 11.6. The first-order valence-electron chi connectivity index (χ1n) is 4.07. The number of halogens is 5. The highest BCUT2D eigenvalue weighted by molar-refractivity contribution is 6.30. The fourth-order valence-electron chi connectivity index (χ4n) is 1.24. The van der Waals surface area contributed by atoms with E-state index in [4.69, 9.17) is 17.3 Å². The quantitative estimate of drug-likeness (QED) is 0.791. The van der Waals surface area contributed by atoms with Crippen LogP contribution in [0.25, 0.3) is 0 Å². The minimum absolute atomic E-state index is 0.0762. The highest BCUT2D eigenvalue weighted by Crippen LogP contribution is 2.35. The van der Waals surface area contributed by atoms with E-state index in [2.05, 4.69) is 0 Å². The maximum Gasteiger partial charge on any atom is 0.396 e. The van der Waals surface area contributed by atoms with E-state index in [-0.39, 0.29) is 10.6 Å². The van der Waals surface area contributed by atoms with Gasteiger partial charge in [-0.15, -0.1) is 0 Å². The Hall–Kier alpha value is -0.810. The predicted molar refractivity (Wildman–Crippen MR) is 49.3 cm³/mol. The van der Waals surface area contributed by atoms with Crippen LogP contribution in [0.1, 0.15) is 11.5 Å². The molecule has 0 aliphatic heterocycles. The molecular formula is C9H8ClF4N. The molecule has 0 bridgehead atoms. The average molecular weight is 242 g/mol. The van der Waals surface area contributed by atoms with Crippen molar-refractivity contribution >= 4 is 11.6 Å². The molecule has 2 N–H and O–H groups in total. The van der Waals surface area contributed by atoms with Crippen molar-refractivity contribution in [2.45, 2.75) is 12.1 Å². The molecule has 0 saturated heterocycles. The molecule has 0 radical (unpaired) electrons. The Morgan fingerprint density at radius 1 is 1.27 bits per heavy atom. The lowest BCUT2D eigenvalue weighted by Gasteiger charge is -2.18. The summed E-state index contributed by atoms with van der Waals surface area (Å²) in [5.41, 5.74) is 4.75. The third-order valence-corrected chi connectivity index (χ3v) is 2.14. The van der Waals surface area contributed by atoms with Crippen LogP contribution >= 0.6 is 11.6 Å². The molecule has 0 spiro atoms. The molecule has 84 valence electrons. The van der Waals surface area contributed by atoms with Gasteiger partial charge in [-0.1, -0.05) is 11.6 Å². The zero-order valence-corrected chi connectivity index (χ0v) is 8.24. The van der Waals surface area contributed by atoms with Crippen LogP contribution in [-0.2, 0) is 0 Å². The summed E-state index contributed by atoms with van der Waals surface area (Å²) >= 11 is 5.45. The number of hydrogen-bond donors (Lipinski definition) is 1. The third-order valence-electron chi connectivity index (χ3n) is 1.92. The van der Waals surface area contributed by atoms with Gasteiger partial charge in [-0.2, -0.15) is 13.2 Å². The summed E-state index contributed by atoms with van der Waals surface area (Å²) in [6.07, 6.45) is -4.49. The van der Waals surface area contributed by atoms with Gasteiger partial charge in [0.1, 0.15) is 5.82 Å². The monoisotopic (exact) mass is 241 g/mol. The van der Waals surface area contributed by atoms with E-state index in [1.165, 1.54) is 0 Å². The topological polar surface area (TPSA) is 26.0 Å². The van der Waals surface area contributed by atoms with Crippen LogP contribution in [-0.4, -0.2) is 12.7 Å². The Morgan fingerprint density at radius 3 is 2.27 bits per heavy atom. The van der Waals surface area contributed by atoms with Crippen molar-refractivity contribution in [3.8, 4) is 0 Å². The standard InChI is InChI=1S/C9H8ClF4N/c10-6-1-5(2-7(11)3-6)8(4-15)9(12,13)14/h1-3,8H,4,15H2. The van der Waals surface area contributed by atoms with E-state index in [0.717, 1.165) is 18.2 Å². The summed E-state index contributed by atoms with van der Waals surface area (Å²) in [4.78, 5) is 0. The fraction of sp³-hybridized carbons (Fsp3) is 0.333. The molecule has 1 aromatic rings. The average Bonchev–Trinajstić information content (AvgIpc) is 1.99. The lowest BCUT2D eigenvalue weighted by Crippen LogP contribution is -2.28. The van der Waals surface area contributed by atoms with Crippen LogP contribution < -0.4 is 5.73 Å². The SMILES string of the molecule is NCC(c1cc(F)cc(Cl)c1)C(F)(F)F. The van der Waals surface area contributed by atoms with Crippen molar-refractivity contribution < 1.29 is 17.6 Å². The normalized spacial score (nSPS) is 14.0. The summed E-state index contributed by atoms with van der Waals surface area (Å²) in [7, 11) is 0. The second-order valence-electron chi connectivity index (χ2n) is 3.03. The predicted octanol–water partition coefficient (Wildman–Crippen LogP) is 3.08. The lowest BCUT2D eigenvalue weighted by molar-refractivity contribution is -0.148. The molecule has 0 heterocycles. The van der Waals surface area contributed by atoms with Crippen LogP contribution in [0.15, 0.2) is 18.2 Å². The van der Waals surface area contributed by atoms with Crippen molar-refractivity contribution in [1.29, 1.82) is 0 Å². The zero-order valence-electron chi connectivity index (χ0n) is 7.48. The van der Waals surface area contributed by atoms with Crippen LogP contribution in [0.2, 0.25) is 5.02 Å². The summed E-state index contributed by atoms with van der Waals surface area (Å²) in [6, 6.07) is 2.79. The number of benzene rings is 1. The molecule has 1 aromatic carbocycles. The van der Waals surface area contributed by atoms with Gasteiger partial charge in [0.25, 0.3) is 0 Å². The molecule has 0 aliphatic carbocycles. The van der Waals surface area contributed by atoms with Crippen molar-refractivity contribution in [2.75, 3.05) is 6.54 Å². The van der Waals surface area contributed by atoms with E-state index in [0.29, 0.717) is 0 Å². The molecule has 6 heteroatoms. The molecule has 0 saturated carbocycles. The Morgan fingerprint density at radius 2 is 1.87 bits per heavy atom. The third kappa shape index (κ3) is 3.07. The highest BCUT2D eigenvalue weighted by atomic mass is 35.5. The minimum atomic E-state index is -4.49. The molecule has 1 rings (SSSR count). The molecule has 1 nitrogen and oxygen atoms in total. The Bertz CT molecular complexity index is 330. The van der Waals surface area contributed by atoms with Gasteiger partial charge in [0, 0.05) is 11.6 Å². The minimum Gasteiger partial charge on any atom is -0.330 e. The van der Waals surface area contributed by atoms with Crippen LogP contribution in [0, 0.1) is 5.82 Å². The Balaban J connectivity index is 3.13. The summed E-state index contributed by atoms with van der Waals surface area (Å²) < 4.78 is 50.1. The van der Waals surface area contributed by atoms with Crippen molar-refractivity contribution in [1.82, 2.24) is 0 Å². The molecule has 0 fully saturated rings. The van der Waals surface area contributed by atoms with E-state index in [9.17, 15) is 17.6 Å². The first-order chi connectivity index (χ1) is 6.84. The first kappa shape index (κ1) is 12.3. The second kappa shape index (κ2) is 4.37. The summed E-state index contributed by atoms with van der Waals surface area (Å²) in [5.74, 6) is -2.69. The van der Waals surface area contributed by atoms with Gasteiger partial charge in [0.15, 0.2) is 0 Å². The number of rotatable bonds is 2. The van der Waals surface area contributed by atoms with Gasteiger partial charge < -0.3 is 5.73 Å². The second-order valence-corrected chi connectivity index (χ2v) is 3.47. The molecule has 0 amide bonds. The molecule has 0 aliphatic rings. The largest absolute Gasteiger partial charge is 0.396 e. The van der Waals surface area contributed by atoms with E-state index < -0.39 is 24.5 Å². The van der Waals surface area contributed by atoms with Gasteiger partial charge in [-0.3, -0.25) is 0 Å². The molecule has 1 unspecified atom stereocenters. The number of nitrogens with two attached hydrogens (primary N) is 1. The molecule has 0 aromatic heterocycles. The first-order valence-corrected chi connectivity index (χ1v) is 4.45. The number of alkyl halides is 3. The van der Waals surface area contributed by atoms with Crippen LogP contribution in [0.4, 0.5) is 17.6 Å². The van der Waals surface area contributed by atoms with Gasteiger partial charge in [-0.05, 0) is 23.8 Å². The summed E-state index contributed by atoms with van der Waals surface area (Å²) in [5, 5.41) is -0.0762. The summed E-state index contributed by atoms with van der Waals surface area (Å²) in [6.45, 7) is -0.636. The van der Waals surface area contributed by atoms with Crippen molar-refractivity contribution in [3.63, 3.8) is 0 Å². The molecular weight excluding hydrogens is 234 g/mol. The van der Waals surface area contributed by atoms with Gasteiger partial charge >= 0.3 is 6.18 Å². The van der Waals surface area contributed by atoms with E-state index >= 15 is 0 Å². The van der Waals surface area contributed by atoms with Gasteiger partial charge in [0.05, 0.1) is 5.92 Å². The smallest absolute Gasteiger partial charge is 0.330 e. The fourth-order valence-corrected chi connectivity index (χ4v) is 1.47. The van der Waals surface area contributed by atoms with Crippen molar-refractivity contribution in [2.24, 2.45) is 5.73 Å². The highest BCUT2D eigenvalue weighted by Gasteiger charge is 2.39. The maximum absolute atomic E-state index is 12.8. The lowest BCUT2D eigenvalue weighted by atomic mass is 9.99. The van der Waals surface area contributed by atoms with E-state index in [1.807, 2.05) is 0 Å². The van der Waals surface area contributed by atoms with Crippen LogP contribution in [0.5, 0.6) is 0 Å². The van der Waals surface area contributed by atoms with Gasteiger partial charge in [-0.25, -0.2) is 4.39 Å². The van der Waals surface area contributed by atoms with Crippen molar-refractivity contribution in [3.05, 3.63) is 34.6 Å².